The van der Waals surface area contributed by atoms with Crippen molar-refractivity contribution in [2.75, 3.05) is 25.2 Å². The number of unbranched alkanes of at least 4 members (excludes halogenated alkanes) is 4. The molecule has 1 aromatic heterocycles. The molecule has 0 saturated carbocycles. The van der Waals surface area contributed by atoms with Crippen LogP contribution in [-0.2, 0) is 19.1 Å². The minimum Gasteiger partial charge on any atom is -0.493 e. The normalized spacial score (nSPS) is 16.7. The number of esters is 2. The number of nitrogens with zero attached hydrogens (tertiary/aromatic N) is 3. The standard InChI is InChI=1S/C34H37N3O7S/c1-6-8-9-10-13-18-36-24-15-12-11-14-23(24)28(31(36)39)30-32(40)37-29(22-16-17-25(44-21(4)38)26(19-22)42-5)27(33(41)43-7-2)20(3)35-34(37)45-30/h11-12,14-17,19,29H,6-10,13,18H2,1-5H3/b30-28-/t29-/m1/s1. The second kappa shape index (κ2) is 13.6. The number of ether oxygens (including phenoxy) is 3. The van der Waals surface area contributed by atoms with Crippen LogP contribution in [0.2, 0.25) is 0 Å². The maximum atomic E-state index is 14.4. The highest BCUT2D eigenvalue weighted by Gasteiger charge is 2.37. The zero-order valence-corrected chi connectivity index (χ0v) is 27.0. The molecular formula is C34H37N3O7S. The summed E-state index contributed by atoms with van der Waals surface area (Å²) in [4.78, 5) is 60.2. The van der Waals surface area contributed by atoms with Crippen molar-refractivity contribution >= 4 is 40.4 Å². The van der Waals surface area contributed by atoms with Gasteiger partial charge in [-0.1, -0.05) is 68.2 Å². The molecule has 5 rings (SSSR count). The molecule has 10 nitrogen and oxygen atoms in total. The summed E-state index contributed by atoms with van der Waals surface area (Å²) in [5.41, 5.74) is 2.48. The van der Waals surface area contributed by atoms with Crippen molar-refractivity contribution in [1.82, 2.24) is 4.57 Å². The lowest BCUT2D eigenvalue weighted by atomic mass is 9.95. The fourth-order valence-electron chi connectivity index (χ4n) is 5.85. The quantitative estimate of drug-likeness (QED) is 0.175. The highest BCUT2D eigenvalue weighted by Crippen LogP contribution is 2.38. The van der Waals surface area contributed by atoms with Gasteiger partial charge in [-0.25, -0.2) is 9.79 Å². The topological polar surface area (TPSA) is 117 Å². The molecule has 0 N–H and O–H groups in total. The van der Waals surface area contributed by atoms with Gasteiger partial charge in [-0.3, -0.25) is 19.0 Å². The Bertz CT molecular complexity index is 1870. The number of hydrogen-bond donors (Lipinski definition) is 0. The number of carbonyl (C=O) groups excluding carboxylic acids is 3. The van der Waals surface area contributed by atoms with Crippen molar-refractivity contribution in [1.29, 1.82) is 0 Å². The molecule has 3 aromatic rings. The summed E-state index contributed by atoms with van der Waals surface area (Å²) in [5, 5.41) is 0. The third kappa shape index (κ3) is 6.09. The van der Waals surface area contributed by atoms with Gasteiger partial charge in [0.05, 0.1) is 42.3 Å². The Kier molecular flexibility index (Phi) is 9.67. The third-order valence-electron chi connectivity index (χ3n) is 7.89. The summed E-state index contributed by atoms with van der Waals surface area (Å²) in [6.07, 6.45) is 5.29. The summed E-state index contributed by atoms with van der Waals surface area (Å²) >= 11 is 1.13. The zero-order chi connectivity index (χ0) is 32.2. The number of anilines is 1. The van der Waals surface area contributed by atoms with Crippen LogP contribution in [0.1, 0.15) is 77.0 Å². The van der Waals surface area contributed by atoms with E-state index in [0.29, 0.717) is 33.7 Å². The van der Waals surface area contributed by atoms with Gasteiger partial charge in [0.1, 0.15) is 4.53 Å². The maximum Gasteiger partial charge on any atom is 0.338 e. The van der Waals surface area contributed by atoms with Crippen molar-refractivity contribution in [3.63, 3.8) is 0 Å². The molecular weight excluding hydrogens is 594 g/mol. The summed E-state index contributed by atoms with van der Waals surface area (Å²) in [7, 11) is 1.44. The van der Waals surface area contributed by atoms with Crippen LogP contribution in [0.15, 0.2) is 63.5 Å². The predicted octanol–water partition coefficient (Wildman–Crippen LogP) is 4.42. The van der Waals surface area contributed by atoms with E-state index in [0.717, 1.165) is 49.1 Å². The lowest BCUT2D eigenvalue weighted by Crippen LogP contribution is -2.41. The van der Waals surface area contributed by atoms with Crippen LogP contribution < -0.4 is 29.3 Å². The minimum atomic E-state index is -0.934. The Hall–Kier alpha value is -4.51. The first-order valence-corrected chi connectivity index (χ1v) is 16.0. The van der Waals surface area contributed by atoms with Gasteiger partial charge < -0.3 is 19.1 Å². The molecule has 0 unspecified atom stereocenters. The molecule has 0 radical (unpaired) electrons. The third-order valence-corrected chi connectivity index (χ3v) is 8.94. The van der Waals surface area contributed by atoms with E-state index in [1.807, 2.05) is 24.3 Å². The van der Waals surface area contributed by atoms with Gasteiger partial charge >= 0.3 is 11.9 Å². The number of fused-ring (bicyclic) bond motifs is 2. The number of benzene rings is 2. The van der Waals surface area contributed by atoms with Crippen molar-refractivity contribution in [2.45, 2.75) is 65.8 Å². The molecule has 1 atom stereocenters. The summed E-state index contributed by atoms with van der Waals surface area (Å²) in [6, 6.07) is 11.4. The zero-order valence-electron chi connectivity index (χ0n) is 26.2. The van der Waals surface area contributed by atoms with Crippen molar-refractivity contribution in [2.24, 2.45) is 4.99 Å². The molecule has 11 heteroatoms. The second-order valence-corrected chi connectivity index (χ2v) is 11.9. The summed E-state index contributed by atoms with van der Waals surface area (Å²) in [6.45, 7) is 7.54. The van der Waals surface area contributed by atoms with Crippen LogP contribution in [0.25, 0.3) is 5.57 Å². The molecule has 0 bridgehead atoms. The fraction of sp³-hybridized carbons (Fsp3) is 0.382. The first-order chi connectivity index (χ1) is 21.7. The molecule has 0 saturated heterocycles. The van der Waals surface area contributed by atoms with E-state index in [4.69, 9.17) is 14.2 Å². The molecule has 0 aliphatic carbocycles. The van der Waals surface area contributed by atoms with E-state index in [1.54, 1.807) is 36.9 Å². The molecule has 236 valence electrons. The van der Waals surface area contributed by atoms with Gasteiger partial charge in [-0.05, 0) is 44.0 Å². The number of hydrogen-bond acceptors (Lipinski definition) is 9. The molecule has 45 heavy (non-hydrogen) atoms. The van der Waals surface area contributed by atoms with E-state index in [2.05, 4.69) is 11.9 Å². The van der Waals surface area contributed by atoms with Crippen LogP contribution in [0.3, 0.4) is 0 Å². The molecule has 0 spiro atoms. The minimum absolute atomic E-state index is 0.130. The van der Waals surface area contributed by atoms with Crippen LogP contribution in [-0.4, -0.2) is 42.7 Å². The number of thiazole rings is 1. The van der Waals surface area contributed by atoms with Crippen molar-refractivity contribution < 1.29 is 28.6 Å². The van der Waals surface area contributed by atoms with Gasteiger partial charge in [0.15, 0.2) is 16.3 Å². The number of allylic oxidation sites excluding steroid dienone is 1. The number of aromatic nitrogens is 1. The fourth-order valence-corrected chi connectivity index (χ4v) is 6.98. The summed E-state index contributed by atoms with van der Waals surface area (Å²) in [5.74, 6) is -0.900. The Morgan fingerprint density at radius 1 is 1.00 bits per heavy atom. The SMILES string of the molecule is CCCCCCCN1C(=O)/C(=c2\sc3n(c2=O)[C@H](c2ccc(OC(C)=O)c(OC)c2)C(C(=O)OCC)=C(C)N=3)c2ccccc21. The van der Waals surface area contributed by atoms with Crippen molar-refractivity contribution in [3.8, 4) is 11.5 Å². The first-order valence-electron chi connectivity index (χ1n) is 15.2. The summed E-state index contributed by atoms with van der Waals surface area (Å²) < 4.78 is 17.9. The largest absolute Gasteiger partial charge is 0.493 e. The van der Waals surface area contributed by atoms with E-state index in [9.17, 15) is 19.2 Å². The average molecular weight is 632 g/mol. The number of carbonyl (C=O) groups is 3. The van der Waals surface area contributed by atoms with Crippen LogP contribution in [0.4, 0.5) is 5.69 Å². The van der Waals surface area contributed by atoms with E-state index < -0.39 is 23.5 Å². The van der Waals surface area contributed by atoms with Gasteiger partial charge in [0.2, 0.25) is 0 Å². The molecule has 1 amide bonds. The lowest BCUT2D eigenvalue weighted by Gasteiger charge is -2.25. The van der Waals surface area contributed by atoms with Gasteiger partial charge in [0.25, 0.3) is 11.5 Å². The monoisotopic (exact) mass is 631 g/mol. The van der Waals surface area contributed by atoms with Crippen LogP contribution in [0.5, 0.6) is 11.5 Å². The average Bonchev–Trinajstić information content (AvgIpc) is 3.48. The Morgan fingerprint density at radius 2 is 1.76 bits per heavy atom. The van der Waals surface area contributed by atoms with E-state index >= 15 is 0 Å². The van der Waals surface area contributed by atoms with Gasteiger partial charge in [0, 0.05) is 19.0 Å². The van der Waals surface area contributed by atoms with E-state index in [1.165, 1.54) is 18.6 Å². The predicted molar refractivity (Wildman–Crippen MR) is 171 cm³/mol. The highest BCUT2D eigenvalue weighted by molar-refractivity contribution is 7.07. The highest BCUT2D eigenvalue weighted by atomic mass is 32.1. The maximum absolute atomic E-state index is 14.4. The first kappa shape index (κ1) is 31.9. The van der Waals surface area contributed by atoms with Gasteiger partial charge in [-0.15, -0.1) is 0 Å². The Morgan fingerprint density at radius 3 is 2.47 bits per heavy atom. The molecule has 2 aliphatic rings. The Balaban J connectivity index is 1.69. The number of methoxy groups -OCH3 is 1. The number of rotatable bonds is 11. The molecule has 2 aromatic carbocycles. The lowest BCUT2D eigenvalue weighted by molar-refractivity contribution is -0.139. The molecule has 0 fully saturated rings. The van der Waals surface area contributed by atoms with Gasteiger partial charge in [-0.2, -0.15) is 0 Å². The number of amides is 1. The number of para-hydroxylation sites is 1. The van der Waals surface area contributed by atoms with Crippen LogP contribution in [0, 0.1) is 0 Å². The van der Waals surface area contributed by atoms with E-state index in [-0.39, 0.29) is 34.1 Å². The molecule has 2 aliphatic heterocycles. The smallest absolute Gasteiger partial charge is 0.338 e. The van der Waals surface area contributed by atoms with Crippen molar-refractivity contribution in [3.05, 3.63) is 84.5 Å². The second-order valence-electron chi connectivity index (χ2n) is 10.9. The molecule has 3 heterocycles. The Labute approximate surface area is 265 Å². The van der Waals surface area contributed by atoms with Crippen LogP contribution >= 0.6 is 11.3 Å².